The lowest BCUT2D eigenvalue weighted by Gasteiger charge is -2.20. The van der Waals surface area contributed by atoms with Crippen molar-refractivity contribution in [1.82, 2.24) is 4.90 Å². The highest BCUT2D eigenvalue weighted by Crippen LogP contribution is 2.21. The van der Waals surface area contributed by atoms with Crippen LogP contribution in [-0.2, 0) is 19.6 Å². The maximum absolute atomic E-state index is 12.8. The third-order valence-corrected chi connectivity index (χ3v) is 5.83. The summed E-state index contributed by atoms with van der Waals surface area (Å²) in [6.07, 6.45) is 0.629. The molecule has 0 bridgehead atoms. The first-order valence-corrected chi connectivity index (χ1v) is 12.2. The minimum absolute atomic E-state index is 0.0237. The maximum Gasteiger partial charge on any atom is 0.306 e. The molecular weight excluding hydrogens is 444 g/mol. The molecule has 0 radical (unpaired) electrons. The van der Waals surface area contributed by atoms with Crippen molar-refractivity contribution in [1.29, 1.82) is 0 Å². The second-order valence-corrected chi connectivity index (χ2v) is 10.2. The molecule has 0 aliphatic carbocycles. The second kappa shape index (κ2) is 11.2. The monoisotopic (exact) mass is 476 g/mol. The third-order valence-electron chi connectivity index (χ3n) is 4.45. The fourth-order valence-electron chi connectivity index (χ4n) is 2.97. The van der Waals surface area contributed by atoms with Gasteiger partial charge in [-0.3, -0.25) is 14.3 Å². The zero-order chi connectivity index (χ0) is 24.6. The molecule has 1 amide bonds. The Hall–Kier alpha value is -3.07. The highest BCUT2D eigenvalue weighted by atomic mass is 32.2. The van der Waals surface area contributed by atoms with Gasteiger partial charge < -0.3 is 14.4 Å². The van der Waals surface area contributed by atoms with Crippen LogP contribution in [0, 0.1) is 0 Å². The summed E-state index contributed by atoms with van der Waals surface area (Å²) in [5.74, 6) is -0.0168. The van der Waals surface area contributed by atoms with Gasteiger partial charge in [0.2, 0.25) is 0 Å². The summed E-state index contributed by atoms with van der Waals surface area (Å²) in [4.78, 5) is 26.0. The van der Waals surface area contributed by atoms with Crippen LogP contribution in [-0.4, -0.2) is 51.0 Å². The van der Waals surface area contributed by atoms with E-state index in [1.807, 2.05) is 6.92 Å². The van der Waals surface area contributed by atoms with Crippen LogP contribution >= 0.6 is 0 Å². The van der Waals surface area contributed by atoms with Crippen molar-refractivity contribution in [2.45, 2.75) is 51.0 Å². The molecule has 2 aromatic rings. The second-order valence-electron chi connectivity index (χ2n) is 8.51. The summed E-state index contributed by atoms with van der Waals surface area (Å²) < 4.78 is 38.7. The summed E-state index contributed by atoms with van der Waals surface area (Å²) >= 11 is 0. The molecule has 0 unspecified atom stereocenters. The van der Waals surface area contributed by atoms with E-state index >= 15 is 0 Å². The lowest BCUT2D eigenvalue weighted by molar-refractivity contribution is -0.154. The highest BCUT2D eigenvalue weighted by molar-refractivity contribution is 7.92. The lowest BCUT2D eigenvalue weighted by atomic mass is 10.2. The molecule has 0 spiro atoms. The summed E-state index contributed by atoms with van der Waals surface area (Å²) in [5.41, 5.74) is 0.0724. The molecule has 0 saturated carbocycles. The van der Waals surface area contributed by atoms with Crippen LogP contribution in [0.25, 0.3) is 0 Å². The number of amides is 1. The first-order valence-electron chi connectivity index (χ1n) is 10.7. The fraction of sp³-hybridized carbons (Fsp3) is 0.417. The summed E-state index contributed by atoms with van der Waals surface area (Å²) in [6, 6.07) is 12.4. The summed E-state index contributed by atoms with van der Waals surface area (Å²) in [7, 11) is -2.28. The predicted octanol–water partition coefficient (Wildman–Crippen LogP) is 4.08. The van der Waals surface area contributed by atoms with E-state index in [-0.39, 0.29) is 28.8 Å². The molecule has 9 heteroatoms. The number of carbonyl (C=O) groups is 2. The van der Waals surface area contributed by atoms with E-state index in [1.165, 1.54) is 23.1 Å². The van der Waals surface area contributed by atoms with E-state index in [0.717, 1.165) is 0 Å². The van der Waals surface area contributed by atoms with Gasteiger partial charge in [-0.15, -0.1) is 0 Å². The van der Waals surface area contributed by atoms with Crippen LogP contribution in [0.2, 0.25) is 0 Å². The van der Waals surface area contributed by atoms with Gasteiger partial charge in [0.15, 0.2) is 0 Å². The van der Waals surface area contributed by atoms with Crippen LogP contribution in [0.15, 0.2) is 53.4 Å². The van der Waals surface area contributed by atoms with Crippen molar-refractivity contribution in [3.8, 4) is 5.75 Å². The van der Waals surface area contributed by atoms with Crippen molar-refractivity contribution < 1.29 is 27.5 Å². The Bertz CT molecular complexity index is 1060. The molecule has 1 N–H and O–H groups in total. The van der Waals surface area contributed by atoms with E-state index in [2.05, 4.69) is 4.72 Å². The van der Waals surface area contributed by atoms with Crippen LogP contribution in [0.1, 0.15) is 50.9 Å². The molecule has 8 nitrogen and oxygen atoms in total. The zero-order valence-electron chi connectivity index (χ0n) is 19.8. The Morgan fingerprint density at radius 2 is 1.73 bits per heavy atom. The average Bonchev–Trinajstić information content (AvgIpc) is 2.73. The molecule has 0 fully saturated rings. The first-order chi connectivity index (χ1) is 15.4. The number of hydrogen-bond donors (Lipinski definition) is 1. The van der Waals surface area contributed by atoms with Crippen LogP contribution in [0.3, 0.4) is 0 Å². The summed E-state index contributed by atoms with van der Waals surface area (Å²) in [5, 5.41) is 0. The van der Waals surface area contributed by atoms with Crippen molar-refractivity contribution in [2.75, 3.05) is 24.9 Å². The first kappa shape index (κ1) is 26.2. The van der Waals surface area contributed by atoms with Crippen LogP contribution in [0.5, 0.6) is 5.75 Å². The van der Waals surface area contributed by atoms with Crippen molar-refractivity contribution in [3.05, 3.63) is 54.1 Å². The Labute approximate surface area is 195 Å². The quantitative estimate of drug-likeness (QED) is 0.519. The van der Waals surface area contributed by atoms with E-state index in [0.29, 0.717) is 31.0 Å². The predicted molar refractivity (Wildman–Crippen MR) is 127 cm³/mol. The Morgan fingerprint density at radius 1 is 1.06 bits per heavy atom. The minimum Gasteiger partial charge on any atom is -0.494 e. The van der Waals surface area contributed by atoms with Gasteiger partial charge in [0, 0.05) is 31.3 Å². The zero-order valence-corrected chi connectivity index (χ0v) is 20.6. The molecule has 0 saturated heterocycles. The Morgan fingerprint density at radius 3 is 2.33 bits per heavy atom. The van der Waals surface area contributed by atoms with Gasteiger partial charge in [0.25, 0.3) is 15.9 Å². The van der Waals surface area contributed by atoms with Gasteiger partial charge in [-0.2, -0.15) is 0 Å². The Balaban J connectivity index is 2.01. The smallest absolute Gasteiger partial charge is 0.306 e. The van der Waals surface area contributed by atoms with E-state index in [1.54, 1.807) is 58.2 Å². The average molecular weight is 477 g/mol. The van der Waals surface area contributed by atoms with E-state index < -0.39 is 15.6 Å². The maximum atomic E-state index is 12.8. The highest BCUT2D eigenvalue weighted by Gasteiger charge is 2.19. The minimum atomic E-state index is -3.89. The van der Waals surface area contributed by atoms with Gasteiger partial charge in [0.1, 0.15) is 11.4 Å². The molecule has 0 aromatic heterocycles. The SMILES string of the molecule is CCOc1ccc(NS(=O)(=O)c2cccc(C(=O)N(C)CCCC(=O)OC(C)(C)C)c2)cc1. The Kier molecular flexibility index (Phi) is 8.87. The number of nitrogens with zero attached hydrogens (tertiary/aromatic N) is 1. The number of hydrogen-bond acceptors (Lipinski definition) is 6. The topological polar surface area (TPSA) is 102 Å². The molecular formula is C24H32N2O6S. The lowest BCUT2D eigenvalue weighted by Crippen LogP contribution is -2.29. The summed E-state index contributed by atoms with van der Waals surface area (Å²) in [6.45, 7) is 8.11. The van der Waals surface area contributed by atoms with Crippen LogP contribution < -0.4 is 9.46 Å². The molecule has 2 rings (SSSR count). The number of nitrogens with one attached hydrogen (secondary N) is 1. The van der Waals surface area contributed by atoms with Crippen molar-refractivity contribution >= 4 is 27.6 Å². The number of esters is 1. The van der Waals surface area contributed by atoms with E-state index in [4.69, 9.17) is 9.47 Å². The number of anilines is 1. The van der Waals surface area contributed by atoms with Crippen LogP contribution in [0.4, 0.5) is 5.69 Å². The van der Waals surface area contributed by atoms with Gasteiger partial charge in [0.05, 0.1) is 11.5 Å². The molecule has 180 valence electrons. The normalized spacial score (nSPS) is 11.5. The molecule has 33 heavy (non-hydrogen) atoms. The fourth-order valence-corrected chi connectivity index (χ4v) is 4.08. The van der Waals surface area contributed by atoms with Gasteiger partial charge >= 0.3 is 5.97 Å². The molecule has 0 atom stereocenters. The van der Waals surface area contributed by atoms with E-state index in [9.17, 15) is 18.0 Å². The molecule has 0 aliphatic heterocycles. The molecule has 0 aliphatic rings. The largest absolute Gasteiger partial charge is 0.494 e. The standard InChI is InChI=1S/C24H32N2O6S/c1-6-31-20-14-12-19(13-15-20)25-33(29,30)21-10-7-9-18(17-21)23(28)26(5)16-8-11-22(27)32-24(2,3)4/h7,9-10,12-15,17,25H,6,8,11,16H2,1-5H3. The molecule has 0 heterocycles. The van der Waals surface area contributed by atoms with Gasteiger partial charge in [-0.1, -0.05) is 6.07 Å². The van der Waals surface area contributed by atoms with Crippen molar-refractivity contribution in [2.24, 2.45) is 0 Å². The number of sulfonamides is 1. The number of rotatable bonds is 10. The van der Waals surface area contributed by atoms with Gasteiger partial charge in [-0.25, -0.2) is 8.42 Å². The van der Waals surface area contributed by atoms with Crippen molar-refractivity contribution in [3.63, 3.8) is 0 Å². The molecule has 2 aromatic carbocycles. The number of carbonyl (C=O) groups excluding carboxylic acids is 2. The number of benzene rings is 2. The third kappa shape index (κ3) is 8.42. The van der Waals surface area contributed by atoms with Gasteiger partial charge in [-0.05, 0) is 76.6 Å². The number of ether oxygens (including phenoxy) is 2.